The lowest BCUT2D eigenvalue weighted by atomic mass is 9.83. The zero-order valence-electron chi connectivity index (χ0n) is 12.8. The van der Waals surface area contributed by atoms with Gasteiger partial charge in [0.2, 0.25) is 5.91 Å². The number of aryl methyl sites for hydroxylation is 1. The zero-order chi connectivity index (χ0) is 14.5. The number of carbonyl (C=O) groups excluding carboxylic acids is 1. The summed E-state index contributed by atoms with van der Waals surface area (Å²) in [5, 5.41) is 6.40. The van der Waals surface area contributed by atoms with Crippen molar-refractivity contribution in [2.24, 2.45) is 11.8 Å². The van der Waals surface area contributed by atoms with Crippen LogP contribution < -0.4 is 10.6 Å². The fourth-order valence-electron chi connectivity index (χ4n) is 2.85. The zero-order valence-corrected chi connectivity index (χ0v) is 12.8. The van der Waals surface area contributed by atoms with Gasteiger partial charge in [-0.2, -0.15) is 0 Å². The van der Waals surface area contributed by atoms with Gasteiger partial charge in [0.25, 0.3) is 0 Å². The van der Waals surface area contributed by atoms with Crippen LogP contribution in [-0.2, 0) is 4.79 Å². The summed E-state index contributed by atoms with van der Waals surface area (Å²) in [7, 11) is 0. The van der Waals surface area contributed by atoms with Crippen molar-refractivity contribution in [1.82, 2.24) is 0 Å². The number of benzene rings is 1. The molecule has 0 atom stereocenters. The summed E-state index contributed by atoms with van der Waals surface area (Å²) in [5.74, 6) is 1.67. The highest BCUT2D eigenvalue weighted by molar-refractivity contribution is 5.90. The van der Waals surface area contributed by atoms with Gasteiger partial charge in [0.05, 0.1) is 0 Å². The maximum atomic E-state index is 11.2. The van der Waals surface area contributed by atoms with E-state index in [0.29, 0.717) is 0 Å². The largest absolute Gasteiger partial charge is 0.385 e. The van der Waals surface area contributed by atoms with Crippen LogP contribution in [0, 0.1) is 18.8 Å². The molecule has 0 spiro atoms. The molecule has 0 bridgehead atoms. The van der Waals surface area contributed by atoms with Gasteiger partial charge < -0.3 is 10.6 Å². The highest BCUT2D eigenvalue weighted by Crippen LogP contribution is 2.29. The molecular weight excluding hydrogens is 248 g/mol. The molecule has 20 heavy (non-hydrogen) atoms. The molecule has 0 radical (unpaired) electrons. The van der Waals surface area contributed by atoms with Crippen LogP contribution in [-0.4, -0.2) is 12.5 Å². The summed E-state index contributed by atoms with van der Waals surface area (Å²) < 4.78 is 0. The fourth-order valence-corrected chi connectivity index (χ4v) is 2.85. The summed E-state index contributed by atoms with van der Waals surface area (Å²) in [4.78, 5) is 11.2. The second-order valence-corrected chi connectivity index (χ2v) is 6.22. The van der Waals surface area contributed by atoms with Crippen molar-refractivity contribution in [3.63, 3.8) is 0 Å². The molecule has 3 heteroatoms. The first-order chi connectivity index (χ1) is 9.54. The molecule has 1 aromatic rings. The topological polar surface area (TPSA) is 41.1 Å². The smallest absolute Gasteiger partial charge is 0.221 e. The first-order valence-corrected chi connectivity index (χ1v) is 7.66. The molecular formula is C17H26N2O. The van der Waals surface area contributed by atoms with E-state index >= 15 is 0 Å². The van der Waals surface area contributed by atoms with Crippen molar-refractivity contribution < 1.29 is 4.79 Å². The van der Waals surface area contributed by atoms with E-state index in [-0.39, 0.29) is 5.91 Å². The fraction of sp³-hybridized carbons (Fsp3) is 0.588. The minimum absolute atomic E-state index is 0.0217. The summed E-state index contributed by atoms with van der Waals surface area (Å²) in [6.45, 7) is 6.94. The van der Waals surface area contributed by atoms with Gasteiger partial charge in [-0.3, -0.25) is 4.79 Å². The van der Waals surface area contributed by atoms with Crippen LogP contribution in [0.3, 0.4) is 0 Å². The van der Waals surface area contributed by atoms with E-state index in [0.717, 1.165) is 35.3 Å². The second kappa shape index (κ2) is 6.78. The van der Waals surface area contributed by atoms with Crippen LogP contribution >= 0.6 is 0 Å². The van der Waals surface area contributed by atoms with Crippen molar-refractivity contribution in [2.75, 3.05) is 17.2 Å². The quantitative estimate of drug-likeness (QED) is 0.864. The molecule has 2 N–H and O–H groups in total. The molecule has 2 rings (SSSR count). The van der Waals surface area contributed by atoms with Crippen LogP contribution in [0.2, 0.25) is 0 Å². The number of hydrogen-bond acceptors (Lipinski definition) is 2. The predicted molar refractivity (Wildman–Crippen MR) is 85.1 cm³/mol. The van der Waals surface area contributed by atoms with Crippen LogP contribution in [0.4, 0.5) is 11.4 Å². The minimum atomic E-state index is -0.0217. The molecule has 0 aromatic heterocycles. The predicted octanol–water partition coefficient (Wildman–Crippen LogP) is 4.19. The van der Waals surface area contributed by atoms with E-state index in [1.165, 1.54) is 25.7 Å². The van der Waals surface area contributed by atoms with Crippen molar-refractivity contribution in [2.45, 2.75) is 46.5 Å². The van der Waals surface area contributed by atoms with Crippen LogP contribution in [0.1, 0.15) is 45.1 Å². The van der Waals surface area contributed by atoms with Crippen LogP contribution in [0.15, 0.2) is 18.2 Å². The Bertz CT molecular complexity index is 462. The van der Waals surface area contributed by atoms with E-state index in [9.17, 15) is 4.79 Å². The molecule has 0 aliphatic heterocycles. The molecule has 110 valence electrons. The Hall–Kier alpha value is -1.51. The lowest BCUT2D eigenvalue weighted by molar-refractivity contribution is -0.114. The van der Waals surface area contributed by atoms with Gasteiger partial charge in [0.15, 0.2) is 0 Å². The van der Waals surface area contributed by atoms with E-state index in [2.05, 4.69) is 29.7 Å². The highest BCUT2D eigenvalue weighted by Gasteiger charge is 2.17. The van der Waals surface area contributed by atoms with Crippen LogP contribution in [0.25, 0.3) is 0 Å². The van der Waals surface area contributed by atoms with E-state index in [1.54, 1.807) is 6.92 Å². The molecule has 1 amide bonds. The molecule has 1 saturated carbocycles. The van der Waals surface area contributed by atoms with Crippen LogP contribution in [0.5, 0.6) is 0 Å². The Morgan fingerprint density at radius 3 is 2.60 bits per heavy atom. The molecule has 1 aromatic carbocycles. The van der Waals surface area contributed by atoms with Gasteiger partial charge in [0.1, 0.15) is 0 Å². The first-order valence-electron chi connectivity index (χ1n) is 7.66. The number of hydrogen-bond donors (Lipinski definition) is 2. The van der Waals surface area contributed by atoms with Gasteiger partial charge in [-0.15, -0.1) is 0 Å². The molecule has 0 unspecified atom stereocenters. The van der Waals surface area contributed by atoms with Crippen molar-refractivity contribution >= 4 is 17.3 Å². The number of rotatable bonds is 4. The first kappa shape index (κ1) is 14.9. The molecule has 1 aliphatic rings. The lowest BCUT2D eigenvalue weighted by Gasteiger charge is -2.26. The van der Waals surface area contributed by atoms with Gasteiger partial charge in [-0.05, 0) is 49.3 Å². The SMILES string of the molecule is CC(=O)Nc1cc(NCC2CCC(C)CC2)ccc1C. The Kier molecular flexibility index (Phi) is 5.05. The van der Waals surface area contributed by atoms with Gasteiger partial charge in [-0.1, -0.05) is 25.8 Å². The minimum Gasteiger partial charge on any atom is -0.385 e. The van der Waals surface area contributed by atoms with Gasteiger partial charge in [-0.25, -0.2) is 0 Å². The Morgan fingerprint density at radius 2 is 1.95 bits per heavy atom. The number of carbonyl (C=O) groups is 1. The standard InChI is InChI=1S/C17H26N2O/c1-12-4-7-15(8-5-12)11-18-16-9-6-13(2)17(10-16)19-14(3)20/h6,9-10,12,15,18H,4-5,7-8,11H2,1-3H3,(H,19,20). The number of anilines is 2. The molecule has 1 aliphatic carbocycles. The van der Waals surface area contributed by atoms with Crippen molar-refractivity contribution in [3.8, 4) is 0 Å². The van der Waals surface area contributed by atoms with E-state index in [1.807, 2.05) is 13.0 Å². The maximum Gasteiger partial charge on any atom is 0.221 e. The summed E-state index contributed by atoms with van der Waals surface area (Å²) in [6, 6.07) is 6.17. The van der Waals surface area contributed by atoms with E-state index < -0.39 is 0 Å². The monoisotopic (exact) mass is 274 g/mol. The van der Waals surface area contributed by atoms with Gasteiger partial charge >= 0.3 is 0 Å². The third-order valence-electron chi connectivity index (χ3n) is 4.28. The lowest BCUT2D eigenvalue weighted by Crippen LogP contribution is -2.20. The molecule has 1 fully saturated rings. The van der Waals surface area contributed by atoms with Crippen molar-refractivity contribution in [1.29, 1.82) is 0 Å². The third-order valence-corrected chi connectivity index (χ3v) is 4.28. The summed E-state index contributed by atoms with van der Waals surface area (Å²) in [5.41, 5.74) is 3.09. The summed E-state index contributed by atoms with van der Waals surface area (Å²) >= 11 is 0. The Labute approximate surface area is 122 Å². The normalized spacial score (nSPS) is 22.4. The Morgan fingerprint density at radius 1 is 1.25 bits per heavy atom. The summed E-state index contributed by atoms with van der Waals surface area (Å²) in [6.07, 6.45) is 5.38. The molecule has 0 heterocycles. The molecule has 3 nitrogen and oxygen atoms in total. The third kappa shape index (κ3) is 4.26. The average molecular weight is 274 g/mol. The highest BCUT2D eigenvalue weighted by atomic mass is 16.1. The maximum absolute atomic E-state index is 11.2. The van der Waals surface area contributed by atoms with Gasteiger partial charge in [0, 0.05) is 24.8 Å². The Balaban J connectivity index is 1.91. The molecule has 0 saturated heterocycles. The van der Waals surface area contributed by atoms with Crippen molar-refractivity contribution in [3.05, 3.63) is 23.8 Å². The average Bonchev–Trinajstić information content (AvgIpc) is 2.41. The van der Waals surface area contributed by atoms with E-state index in [4.69, 9.17) is 0 Å². The second-order valence-electron chi connectivity index (χ2n) is 6.22. The number of nitrogens with one attached hydrogen (secondary N) is 2. The number of amides is 1.